The summed E-state index contributed by atoms with van der Waals surface area (Å²) in [6.07, 6.45) is 1.58. The molecule has 1 amide bonds. The summed E-state index contributed by atoms with van der Waals surface area (Å²) in [5.41, 5.74) is 4.63. The first-order chi connectivity index (χ1) is 16.0. The molecular formula is C26H21ClN2O4. The van der Waals surface area contributed by atoms with Gasteiger partial charge in [-0.1, -0.05) is 48.0 Å². The van der Waals surface area contributed by atoms with E-state index in [1.807, 2.05) is 60.7 Å². The van der Waals surface area contributed by atoms with Gasteiger partial charge in [0, 0.05) is 16.5 Å². The average Bonchev–Trinajstić information content (AvgIpc) is 2.85. The van der Waals surface area contributed by atoms with Crippen LogP contribution >= 0.6 is 11.6 Å². The van der Waals surface area contributed by atoms with E-state index in [4.69, 9.17) is 21.1 Å². The normalized spacial score (nSPS) is 11.0. The predicted octanol–water partition coefficient (Wildman–Crippen LogP) is 5.55. The number of carbonyl (C=O) groups excluding carboxylic acids is 1. The van der Waals surface area contributed by atoms with Gasteiger partial charge in [0.2, 0.25) is 0 Å². The Balaban J connectivity index is 1.49. The lowest BCUT2D eigenvalue weighted by molar-refractivity contribution is 0.0955. The third kappa shape index (κ3) is 5.25. The highest BCUT2D eigenvalue weighted by atomic mass is 35.5. The number of phenols is 1. The van der Waals surface area contributed by atoms with E-state index in [-0.39, 0.29) is 10.8 Å². The Morgan fingerprint density at radius 1 is 1.03 bits per heavy atom. The highest BCUT2D eigenvalue weighted by Gasteiger charge is 2.09. The van der Waals surface area contributed by atoms with Crippen LogP contribution in [0.15, 0.2) is 84.0 Å². The number of hydrazone groups is 1. The summed E-state index contributed by atoms with van der Waals surface area (Å²) in [6.45, 7) is 0.423. The van der Waals surface area contributed by atoms with E-state index in [2.05, 4.69) is 10.5 Å². The van der Waals surface area contributed by atoms with Crippen LogP contribution in [0.25, 0.3) is 10.8 Å². The number of hydrogen-bond donors (Lipinski definition) is 2. The largest absolute Gasteiger partial charge is 0.506 e. The van der Waals surface area contributed by atoms with Gasteiger partial charge in [-0.25, -0.2) is 5.43 Å². The molecule has 0 aromatic heterocycles. The van der Waals surface area contributed by atoms with Crippen molar-refractivity contribution in [2.45, 2.75) is 6.61 Å². The molecule has 0 heterocycles. The Morgan fingerprint density at radius 3 is 2.52 bits per heavy atom. The predicted molar refractivity (Wildman–Crippen MR) is 129 cm³/mol. The highest BCUT2D eigenvalue weighted by Crippen LogP contribution is 2.29. The van der Waals surface area contributed by atoms with Crippen molar-refractivity contribution in [3.05, 3.63) is 101 Å². The number of fused-ring (bicyclic) bond motifs is 1. The van der Waals surface area contributed by atoms with Gasteiger partial charge in [0.15, 0.2) is 0 Å². The summed E-state index contributed by atoms with van der Waals surface area (Å²) in [6, 6.07) is 23.5. The smallest absolute Gasteiger partial charge is 0.271 e. The minimum Gasteiger partial charge on any atom is -0.506 e. The van der Waals surface area contributed by atoms with E-state index in [1.54, 1.807) is 13.3 Å². The zero-order valence-corrected chi connectivity index (χ0v) is 18.5. The van der Waals surface area contributed by atoms with Crippen LogP contribution < -0.4 is 14.9 Å². The summed E-state index contributed by atoms with van der Waals surface area (Å²) in [4.78, 5) is 12.3. The molecule has 0 aliphatic rings. The molecule has 4 rings (SSSR count). The molecule has 33 heavy (non-hydrogen) atoms. The van der Waals surface area contributed by atoms with Crippen LogP contribution in [-0.4, -0.2) is 24.3 Å². The monoisotopic (exact) mass is 460 g/mol. The van der Waals surface area contributed by atoms with Gasteiger partial charge >= 0.3 is 0 Å². The standard InChI is InChI=1S/C26H21ClN2O4/c1-32-20-10-6-17(7-11-20)16-33-25-13-9-19(21-4-2-3-5-22(21)25)15-28-29-26(31)18-8-12-24(30)23(27)14-18/h2-15,30H,16H2,1H3,(H,29,31)/b28-15+. The van der Waals surface area contributed by atoms with Crippen molar-refractivity contribution in [3.8, 4) is 17.2 Å². The SMILES string of the molecule is COc1ccc(COc2ccc(/C=N/NC(=O)c3ccc(O)c(Cl)c3)c3ccccc23)cc1. The Morgan fingerprint density at radius 2 is 1.79 bits per heavy atom. The van der Waals surface area contributed by atoms with Gasteiger partial charge in [-0.3, -0.25) is 4.79 Å². The number of methoxy groups -OCH3 is 1. The van der Waals surface area contributed by atoms with Crippen molar-refractivity contribution >= 4 is 34.5 Å². The molecular weight excluding hydrogens is 440 g/mol. The highest BCUT2D eigenvalue weighted by molar-refractivity contribution is 6.32. The van der Waals surface area contributed by atoms with Gasteiger partial charge < -0.3 is 14.6 Å². The third-order valence-corrected chi connectivity index (χ3v) is 5.35. The van der Waals surface area contributed by atoms with Crippen LogP contribution in [0.1, 0.15) is 21.5 Å². The lowest BCUT2D eigenvalue weighted by Crippen LogP contribution is -2.17. The minimum absolute atomic E-state index is 0.0857. The van der Waals surface area contributed by atoms with E-state index >= 15 is 0 Å². The van der Waals surface area contributed by atoms with Crippen molar-refractivity contribution in [2.24, 2.45) is 5.10 Å². The lowest BCUT2D eigenvalue weighted by Gasteiger charge is -2.11. The van der Waals surface area contributed by atoms with Crippen molar-refractivity contribution in [1.82, 2.24) is 5.43 Å². The van der Waals surface area contributed by atoms with Crippen molar-refractivity contribution in [3.63, 3.8) is 0 Å². The van der Waals surface area contributed by atoms with Gasteiger partial charge in [0.1, 0.15) is 23.9 Å². The van der Waals surface area contributed by atoms with Crippen LogP contribution in [0, 0.1) is 0 Å². The number of amides is 1. The number of benzene rings is 4. The van der Waals surface area contributed by atoms with Gasteiger partial charge in [-0.05, 0) is 53.4 Å². The zero-order chi connectivity index (χ0) is 23.2. The molecule has 4 aromatic carbocycles. The lowest BCUT2D eigenvalue weighted by atomic mass is 10.0. The topological polar surface area (TPSA) is 80.2 Å². The van der Waals surface area contributed by atoms with Crippen LogP contribution in [-0.2, 0) is 6.61 Å². The maximum atomic E-state index is 12.3. The molecule has 6 nitrogen and oxygen atoms in total. The number of halogens is 1. The molecule has 0 saturated heterocycles. The minimum atomic E-state index is -0.433. The molecule has 0 radical (unpaired) electrons. The quantitative estimate of drug-likeness (QED) is 0.280. The Bertz CT molecular complexity index is 1320. The second kappa shape index (κ2) is 10.1. The first-order valence-electron chi connectivity index (χ1n) is 10.1. The second-order valence-corrected chi connectivity index (χ2v) is 7.61. The second-order valence-electron chi connectivity index (χ2n) is 7.20. The third-order valence-electron chi connectivity index (χ3n) is 5.05. The first kappa shape index (κ1) is 22.2. The average molecular weight is 461 g/mol. The molecule has 0 spiro atoms. The molecule has 0 aliphatic carbocycles. The molecule has 0 bridgehead atoms. The molecule has 7 heteroatoms. The molecule has 0 atom stereocenters. The number of hydrogen-bond acceptors (Lipinski definition) is 5. The molecule has 0 aliphatic heterocycles. The number of nitrogens with one attached hydrogen (secondary N) is 1. The number of rotatable bonds is 7. The van der Waals surface area contributed by atoms with Crippen LogP contribution in [0.4, 0.5) is 0 Å². The van der Waals surface area contributed by atoms with E-state index in [0.29, 0.717) is 12.2 Å². The molecule has 4 aromatic rings. The number of phenolic OH excluding ortho intramolecular Hbond substituents is 1. The van der Waals surface area contributed by atoms with E-state index in [1.165, 1.54) is 18.2 Å². The van der Waals surface area contributed by atoms with Crippen molar-refractivity contribution < 1.29 is 19.4 Å². The van der Waals surface area contributed by atoms with E-state index in [0.717, 1.165) is 33.4 Å². The van der Waals surface area contributed by atoms with Gasteiger partial charge in [-0.15, -0.1) is 0 Å². The summed E-state index contributed by atoms with van der Waals surface area (Å²) in [5, 5.41) is 15.5. The molecule has 166 valence electrons. The molecule has 0 fully saturated rings. The maximum Gasteiger partial charge on any atom is 0.271 e. The van der Waals surface area contributed by atoms with E-state index < -0.39 is 5.91 Å². The number of carbonyl (C=O) groups is 1. The fourth-order valence-corrected chi connectivity index (χ4v) is 3.47. The Kier molecular flexibility index (Phi) is 6.76. The fraction of sp³-hybridized carbons (Fsp3) is 0.0769. The molecule has 0 unspecified atom stereocenters. The van der Waals surface area contributed by atoms with Crippen LogP contribution in [0.3, 0.4) is 0 Å². The van der Waals surface area contributed by atoms with Crippen molar-refractivity contribution in [2.75, 3.05) is 7.11 Å². The number of ether oxygens (including phenoxy) is 2. The summed E-state index contributed by atoms with van der Waals surface area (Å²) < 4.78 is 11.3. The van der Waals surface area contributed by atoms with Gasteiger partial charge in [0.05, 0.1) is 18.3 Å². The Labute approximate surface area is 196 Å². The summed E-state index contributed by atoms with van der Waals surface area (Å²) in [7, 11) is 1.64. The van der Waals surface area contributed by atoms with Gasteiger partial charge in [0.25, 0.3) is 5.91 Å². The van der Waals surface area contributed by atoms with Crippen LogP contribution in [0.5, 0.6) is 17.2 Å². The van der Waals surface area contributed by atoms with Crippen LogP contribution in [0.2, 0.25) is 5.02 Å². The molecule has 0 saturated carbocycles. The fourth-order valence-electron chi connectivity index (χ4n) is 3.29. The first-order valence-corrected chi connectivity index (χ1v) is 10.5. The summed E-state index contributed by atoms with van der Waals surface area (Å²) in [5.74, 6) is 1.03. The summed E-state index contributed by atoms with van der Waals surface area (Å²) >= 11 is 5.86. The van der Waals surface area contributed by atoms with E-state index in [9.17, 15) is 9.90 Å². The number of aromatic hydroxyl groups is 1. The zero-order valence-electron chi connectivity index (χ0n) is 17.8. The van der Waals surface area contributed by atoms with Crippen molar-refractivity contribution in [1.29, 1.82) is 0 Å². The Hall–Kier alpha value is -4.03. The number of nitrogens with zero attached hydrogens (tertiary/aromatic N) is 1. The molecule has 2 N–H and O–H groups in total. The maximum absolute atomic E-state index is 12.3. The van der Waals surface area contributed by atoms with Gasteiger partial charge in [-0.2, -0.15) is 5.10 Å².